The third-order valence-corrected chi connectivity index (χ3v) is 6.50. The second-order valence-electron chi connectivity index (χ2n) is 8.34. The molecule has 146 valence electrons. The Morgan fingerprint density at radius 2 is 1.71 bits per heavy atom. The molecule has 2 N–H and O–H groups in total. The number of hydrogen-bond acceptors (Lipinski definition) is 2. The molecule has 2 aromatic rings. The van der Waals surface area contributed by atoms with Crippen LogP contribution >= 0.6 is 0 Å². The first kappa shape index (κ1) is 18.7. The summed E-state index contributed by atoms with van der Waals surface area (Å²) in [5.74, 6) is 0.0784. The molecule has 1 atom stereocenters. The number of likely N-dealkylation sites (tertiary alicyclic amines) is 1. The van der Waals surface area contributed by atoms with E-state index in [-0.39, 0.29) is 17.7 Å². The van der Waals surface area contributed by atoms with E-state index in [0.29, 0.717) is 13.0 Å². The minimum Gasteiger partial charge on any atom is -0.369 e. The number of primary amides is 1. The standard InChI is InChI=1S/C24H28N2O2/c25-23(28)24(14-7-15-26(17-24)22(27)19-11-6-12-19)16-20-10-4-5-13-21(20)18-8-2-1-3-9-18/h1-5,8-10,13,19H,6-7,11-12,14-17H2,(H2,25,28). The molecule has 0 aromatic heterocycles. The van der Waals surface area contributed by atoms with Gasteiger partial charge in [0, 0.05) is 19.0 Å². The number of nitrogens with zero attached hydrogens (tertiary/aromatic N) is 1. The summed E-state index contributed by atoms with van der Waals surface area (Å²) in [6.07, 6.45) is 5.23. The summed E-state index contributed by atoms with van der Waals surface area (Å²) in [5.41, 5.74) is 8.64. The summed E-state index contributed by atoms with van der Waals surface area (Å²) in [6.45, 7) is 1.19. The zero-order valence-corrected chi connectivity index (χ0v) is 16.3. The number of rotatable bonds is 5. The number of carbonyl (C=O) groups is 2. The maximum absolute atomic E-state index is 12.8. The van der Waals surface area contributed by atoms with Crippen molar-refractivity contribution in [3.63, 3.8) is 0 Å². The van der Waals surface area contributed by atoms with Crippen LogP contribution in [0.2, 0.25) is 0 Å². The van der Waals surface area contributed by atoms with Gasteiger partial charge in [-0.3, -0.25) is 9.59 Å². The van der Waals surface area contributed by atoms with Gasteiger partial charge in [0.15, 0.2) is 0 Å². The highest BCUT2D eigenvalue weighted by atomic mass is 16.2. The quantitative estimate of drug-likeness (QED) is 0.863. The van der Waals surface area contributed by atoms with Crippen molar-refractivity contribution in [2.24, 2.45) is 17.1 Å². The van der Waals surface area contributed by atoms with Crippen molar-refractivity contribution >= 4 is 11.8 Å². The van der Waals surface area contributed by atoms with Gasteiger partial charge in [-0.05, 0) is 48.8 Å². The lowest BCUT2D eigenvalue weighted by Crippen LogP contribution is -2.54. The van der Waals surface area contributed by atoms with Gasteiger partial charge in [-0.1, -0.05) is 61.0 Å². The average molecular weight is 377 g/mol. The first-order valence-electron chi connectivity index (χ1n) is 10.3. The monoisotopic (exact) mass is 376 g/mol. The Morgan fingerprint density at radius 3 is 2.39 bits per heavy atom. The van der Waals surface area contributed by atoms with Gasteiger partial charge < -0.3 is 10.6 Å². The van der Waals surface area contributed by atoms with E-state index >= 15 is 0 Å². The second-order valence-corrected chi connectivity index (χ2v) is 8.34. The average Bonchev–Trinajstić information content (AvgIpc) is 2.68. The number of benzene rings is 2. The molecule has 1 unspecified atom stereocenters. The molecule has 2 fully saturated rings. The summed E-state index contributed by atoms with van der Waals surface area (Å²) in [5, 5.41) is 0. The molecule has 4 rings (SSSR count). The molecule has 4 heteroatoms. The van der Waals surface area contributed by atoms with E-state index in [1.54, 1.807) is 0 Å². The Balaban J connectivity index is 1.62. The summed E-state index contributed by atoms with van der Waals surface area (Å²) in [7, 11) is 0. The summed E-state index contributed by atoms with van der Waals surface area (Å²) in [6, 6.07) is 18.4. The van der Waals surface area contributed by atoms with Gasteiger partial charge >= 0.3 is 0 Å². The molecule has 1 saturated carbocycles. The summed E-state index contributed by atoms with van der Waals surface area (Å²) >= 11 is 0. The lowest BCUT2D eigenvalue weighted by molar-refractivity contribution is -0.145. The maximum atomic E-state index is 12.8. The number of amides is 2. The van der Waals surface area contributed by atoms with Crippen LogP contribution < -0.4 is 5.73 Å². The van der Waals surface area contributed by atoms with Crippen LogP contribution in [-0.2, 0) is 16.0 Å². The van der Waals surface area contributed by atoms with Gasteiger partial charge in [0.05, 0.1) is 5.41 Å². The van der Waals surface area contributed by atoms with E-state index in [4.69, 9.17) is 5.73 Å². The van der Waals surface area contributed by atoms with Gasteiger partial charge in [0.1, 0.15) is 0 Å². The molecular weight excluding hydrogens is 348 g/mol. The van der Waals surface area contributed by atoms with E-state index in [9.17, 15) is 9.59 Å². The third kappa shape index (κ3) is 3.56. The highest BCUT2D eigenvalue weighted by Gasteiger charge is 2.44. The molecule has 2 amide bonds. The van der Waals surface area contributed by atoms with Crippen molar-refractivity contribution < 1.29 is 9.59 Å². The Bertz CT molecular complexity index is 860. The van der Waals surface area contributed by atoms with Crippen LogP contribution in [0.1, 0.15) is 37.7 Å². The predicted molar refractivity (Wildman–Crippen MR) is 110 cm³/mol. The molecule has 1 heterocycles. The van der Waals surface area contributed by atoms with Crippen LogP contribution in [0, 0.1) is 11.3 Å². The topological polar surface area (TPSA) is 63.4 Å². The molecule has 0 spiro atoms. The fourth-order valence-corrected chi connectivity index (χ4v) is 4.60. The van der Waals surface area contributed by atoms with Crippen LogP contribution in [0.3, 0.4) is 0 Å². The van der Waals surface area contributed by atoms with Crippen LogP contribution in [0.25, 0.3) is 11.1 Å². The molecule has 1 aliphatic heterocycles. The largest absolute Gasteiger partial charge is 0.369 e. The van der Waals surface area contributed by atoms with Gasteiger partial charge in [-0.2, -0.15) is 0 Å². The molecule has 1 saturated heterocycles. The minimum atomic E-state index is -0.692. The number of carbonyl (C=O) groups excluding carboxylic acids is 2. The van der Waals surface area contributed by atoms with Crippen molar-refractivity contribution in [3.8, 4) is 11.1 Å². The fraction of sp³-hybridized carbons (Fsp3) is 0.417. The lowest BCUT2D eigenvalue weighted by Gasteiger charge is -2.43. The van der Waals surface area contributed by atoms with Gasteiger partial charge in [0.2, 0.25) is 11.8 Å². The summed E-state index contributed by atoms with van der Waals surface area (Å²) < 4.78 is 0. The Hall–Kier alpha value is -2.62. The van der Waals surface area contributed by atoms with E-state index in [1.807, 2.05) is 35.2 Å². The Kier molecular flexibility index (Phi) is 5.21. The van der Waals surface area contributed by atoms with E-state index in [1.165, 1.54) is 0 Å². The van der Waals surface area contributed by atoms with E-state index < -0.39 is 5.41 Å². The first-order valence-corrected chi connectivity index (χ1v) is 10.3. The highest BCUT2D eigenvalue weighted by molar-refractivity contribution is 5.85. The normalized spacial score (nSPS) is 22.5. The van der Waals surface area contributed by atoms with Crippen molar-refractivity contribution in [2.75, 3.05) is 13.1 Å². The van der Waals surface area contributed by atoms with Crippen molar-refractivity contribution in [1.82, 2.24) is 4.90 Å². The lowest BCUT2D eigenvalue weighted by atomic mass is 9.72. The molecule has 28 heavy (non-hydrogen) atoms. The molecule has 1 aliphatic carbocycles. The predicted octanol–water partition coefficient (Wildman–Crippen LogP) is 3.79. The highest BCUT2D eigenvalue weighted by Crippen LogP contribution is 2.38. The summed E-state index contributed by atoms with van der Waals surface area (Å²) in [4.78, 5) is 27.3. The van der Waals surface area contributed by atoms with Crippen molar-refractivity contribution in [1.29, 1.82) is 0 Å². The van der Waals surface area contributed by atoms with Crippen LogP contribution in [-0.4, -0.2) is 29.8 Å². The van der Waals surface area contributed by atoms with Crippen LogP contribution in [0.4, 0.5) is 0 Å². The van der Waals surface area contributed by atoms with E-state index in [2.05, 4.69) is 24.3 Å². The second kappa shape index (κ2) is 7.78. The van der Waals surface area contributed by atoms with Gasteiger partial charge in [0.25, 0.3) is 0 Å². The van der Waals surface area contributed by atoms with Crippen LogP contribution in [0.5, 0.6) is 0 Å². The molecule has 2 aromatic carbocycles. The number of nitrogens with two attached hydrogens (primary N) is 1. The molecule has 2 aliphatic rings. The minimum absolute atomic E-state index is 0.153. The zero-order valence-electron chi connectivity index (χ0n) is 16.3. The third-order valence-electron chi connectivity index (χ3n) is 6.50. The molecule has 0 bridgehead atoms. The maximum Gasteiger partial charge on any atom is 0.225 e. The van der Waals surface area contributed by atoms with E-state index in [0.717, 1.165) is 55.3 Å². The Labute approximate surface area is 166 Å². The molecule has 0 radical (unpaired) electrons. The Morgan fingerprint density at radius 1 is 1.00 bits per heavy atom. The smallest absolute Gasteiger partial charge is 0.225 e. The fourth-order valence-electron chi connectivity index (χ4n) is 4.60. The number of hydrogen-bond donors (Lipinski definition) is 1. The van der Waals surface area contributed by atoms with Crippen molar-refractivity contribution in [3.05, 3.63) is 60.2 Å². The molecule has 4 nitrogen and oxygen atoms in total. The van der Waals surface area contributed by atoms with Gasteiger partial charge in [-0.15, -0.1) is 0 Å². The van der Waals surface area contributed by atoms with Crippen LogP contribution in [0.15, 0.2) is 54.6 Å². The number of piperidine rings is 1. The first-order chi connectivity index (χ1) is 13.6. The molecular formula is C24H28N2O2. The zero-order chi connectivity index (χ0) is 19.6. The van der Waals surface area contributed by atoms with Crippen molar-refractivity contribution in [2.45, 2.75) is 38.5 Å². The SMILES string of the molecule is NC(=O)C1(Cc2ccccc2-c2ccccc2)CCCN(C(=O)C2CCC2)C1. The van der Waals surface area contributed by atoms with Gasteiger partial charge in [-0.25, -0.2) is 0 Å².